The number of carbonyl (C=O) groups is 1. The minimum absolute atomic E-state index is 0.0324. The van der Waals surface area contributed by atoms with E-state index in [-0.39, 0.29) is 11.9 Å². The summed E-state index contributed by atoms with van der Waals surface area (Å²) in [6.45, 7) is 12.4. The lowest BCUT2D eigenvalue weighted by Gasteiger charge is -2.21. The maximum absolute atomic E-state index is 12.7. The van der Waals surface area contributed by atoms with Gasteiger partial charge in [0.25, 0.3) is 5.91 Å². The fourth-order valence-corrected chi connectivity index (χ4v) is 3.14. The van der Waals surface area contributed by atoms with Gasteiger partial charge in [-0.2, -0.15) is 0 Å². The van der Waals surface area contributed by atoms with Crippen molar-refractivity contribution in [2.45, 2.75) is 53.5 Å². The Labute approximate surface area is 151 Å². The Hall–Kier alpha value is -2.29. The monoisotopic (exact) mass is 339 g/mol. The number of hydrogen-bond acceptors (Lipinski definition) is 2. The van der Waals surface area contributed by atoms with Crippen LogP contribution < -0.4 is 10.1 Å². The summed E-state index contributed by atoms with van der Waals surface area (Å²) in [5, 5.41) is 3.15. The molecule has 3 heteroatoms. The third-order valence-electron chi connectivity index (χ3n) is 4.69. The van der Waals surface area contributed by atoms with Crippen molar-refractivity contribution in [2.75, 3.05) is 7.11 Å². The van der Waals surface area contributed by atoms with Crippen molar-refractivity contribution in [3.63, 3.8) is 0 Å². The highest BCUT2D eigenvalue weighted by molar-refractivity contribution is 5.96. The van der Waals surface area contributed by atoms with Crippen molar-refractivity contribution >= 4 is 5.91 Å². The number of hydrogen-bond donors (Lipinski definition) is 1. The largest absolute Gasteiger partial charge is 0.496 e. The van der Waals surface area contributed by atoms with Gasteiger partial charge in [-0.1, -0.05) is 31.5 Å². The molecule has 0 fully saturated rings. The molecule has 0 radical (unpaired) electrons. The molecular weight excluding hydrogens is 310 g/mol. The Bertz CT molecular complexity index is 778. The van der Waals surface area contributed by atoms with Gasteiger partial charge in [-0.05, 0) is 74.1 Å². The molecule has 2 aromatic rings. The lowest BCUT2D eigenvalue weighted by molar-refractivity contribution is 0.0939. The maximum atomic E-state index is 12.7. The average Bonchev–Trinajstić information content (AvgIpc) is 2.56. The number of carbonyl (C=O) groups excluding carboxylic acids is 1. The van der Waals surface area contributed by atoms with Crippen molar-refractivity contribution in [3.8, 4) is 5.75 Å². The van der Waals surface area contributed by atoms with Crippen LogP contribution in [0, 0.1) is 20.8 Å². The van der Waals surface area contributed by atoms with Gasteiger partial charge in [0.1, 0.15) is 5.75 Å². The van der Waals surface area contributed by atoms with Crippen molar-refractivity contribution in [1.82, 2.24) is 5.32 Å². The van der Waals surface area contributed by atoms with E-state index in [2.05, 4.69) is 38.2 Å². The third kappa shape index (κ3) is 4.22. The zero-order valence-electron chi connectivity index (χ0n) is 16.4. The standard InChI is InChI=1S/C22H29NO2/c1-13(2)18-12-19(16(5)11-21(18)25-7)17(6)23-22(24)20-10-14(3)8-9-15(20)4/h8-13,17H,1-7H3,(H,23,24)/t17-/m1/s1. The summed E-state index contributed by atoms with van der Waals surface area (Å²) in [5.74, 6) is 1.23. The van der Waals surface area contributed by atoms with Crippen molar-refractivity contribution in [2.24, 2.45) is 0 Å². The molecule has 0 saturated heterocycles. The van der Waals surface area contributed by atoms with Gasteiger partial charge < -0.3 is 10.1 Å². The van der Waals surface area contributed by atoms with Crippen LogP contribution in [-0.4, -0.2) is 13.0 Å². The minimum atomic E-state index is -0.0733. The SMILES string of the molecule is COc1cc(C)c([C@@H](C)NC(=O)c2cc(C)ccc2C)cc1C(C)C. The summed E-state index contributed by atoms with van der Waals surface area (Å²) in [6, 6.07) is 10.1. The second-order valence-corrected chi connectivity index (χ2v) is 7.12. The van der Waals surface area contributed by atoms with Gasteiger partial charge in [0.05, 0.1) is 13.2 Å². The molecule has 0 aromatic heterocycles. The van der Waals surface area contributed by atoms with Crippen LogP contribution in [0.1, 0.15) is 70.9 Å². The van der Waals surface area contributed by atoms with E-state index < -0.39 is 0 Å². The van der Waals surface area contributed by atoms with E-state index in [1.807, 2.05) is 39.0 Å². The fourth-order valence-electron chi connectivity index (χ4n) is 3.14. The number of methoxy groups -OCH3 is 1. The second kappa shape index (κ2) is 7.73. The molecular formula is C22H29NO2. The molecule has 1 amide bonds. The highest BCUT2D eigenvalue weighted by atomic mass is 16.5. The first kappa shape index (κ1) is 19.0. The van der Waals surface area contributed by atoms with Gasteiger partial charge in [0.2, 0.25) is 0 Å². The molecule has 0 saturated carbocycles. The molecule has 0 spiro atoms. The second-order valence-electron chi connectivity index (χ2n) is 7.12. The molecule has 0 heterocycles. The zero-order valence-corrected chi connectivity index (χ0v) is 16.4. The summed E-state index contributed by atoms with van der Waals surface area (Å²) in [7, 11) is 1.70. The Kier molecular flexibility index (Phi) is 5.89. The molecule has 3 nitrogen and oxygen atoms in total. The first-order chi connectivity index (χ1) is 11.7. The van der Waals surface area contributed by atoms with Gasteiger partial charge in [-0.3, -0.25) is 4.79 Å². The van der Waals surface area contributed by atoms with Crippen LogP contribution in [0.2, 0.25) is 0 Å². The summed E-state index contributed by atoms with van der Waals surface area (Å²) in [5.41, 5.74) is 6.23. The predicted octanol–water partition coefficient (Wildman–Crippen LogP) is 5.23. The van der Waals surface area contributed by atoms with E-state index in [9.17, 15) is 4.79 Å². The summed E-state index contributed by atoms with van der Waals surface area (Å²) < 4.78 is 5.51. The lowest BCUT2D eigenvalue weighted by Crippen LogP contribution is -2.28. The van der Waals surface area contributed by atoms with Crippen LogP contribution in [0.15, 0.2) is 30.3 Å². The van der Waals surface area contributed by atoms with Gasteiger partial charge in [-0.25, -0.2) is 0 Å². The Morgan fingerprint density at radius 1 is 0.960 bits per heavy atom. The highest BCUT2D eigenvalue weighted by Gasteiger charge is 2.18. The predicted molar refractivity (Wildman–Crippen MR) is 104 cm³/mol. The molecule has 25 heavy (non-hydrogen) atoms. The van der Waals surface area contributed by atoms with E-state index in [4.69, 9.17) is 4.74 Å². The molecule has 0 aliphatic carbocycles. The Morgan fingerprint density at radius 2 is 1.64 bits per heavy atom. The van der Waals surface area contributed by atoms with Crippen LogP contribution in [0.5, 0.6) is 5.75 Å². The molecule has 2 aromatic carbocycles. The first-order valence-electron chi connectivity index (χ1n) is 8.81. The van der Waals surface area contributed by atoms with Gasteiger partial charge in [0, 0.05) is 5.56 Å². The quantitative estimate of drug-likeness (QED) is 0.809. The maximum Gasteiger partial charge on any atom is 0.252 e. The first-order valence-corrected chi connectivity index (χ1v) is 8.81. The molecule has 1 atom stereocenters. The summed E-state index contributed by atoms with van der Waals surface area (Å²) >= 11 is 0. The van der Waals surface area contributed by atoms with E-state index >= 15 is 0 Å². The smallest absolute Gasteiger partial charge is 0.252 e. The Morgan fingerprint density at radius 3 is 2.24 bits per heavy atom. The van der Waals surface area contributed by atoms with Crippen LogP contribution in [0.3, 0.4) is 0 Å². The fraction of sp³-hybridized carbons (Fsp3) is 0.409. The molecule has 1 N–H and O–H groups in total. The lowest BCUT2D eigenvalue weighted by atomic mass is 9.93. The highest BCUT2D eigenvalue weighted by Crippen LogP contribution is 2.32. The van der Waals surface area contributed by atoms with Crippen LogP contribution in [0.25, 0.3) is 0 Å². The van der Waals surface area contributed by atoms with E-state index in [0.29, 0.717) is 5.92 Å². The number of amides is 1. The molecule has 0 aliphatic rings. The van der Waals surface area contributed by atoms with Gasteiger partial charge in [-0.15, -0.1) is 0 Å². The molecule has 2 rings (SSSR count). The summed E-state index contributed by atoms with van der Waals surface area (Å²) in [4.78, 5) is 12.7. The van der Waals surface area contributed by atoms with E-state index in [1.54, 1.807) is 7.11 Å². The normalized spacial score (nSPS) is 12.2. The zero-order chi connectivity index (χ0) is 18.7. The number of benzene rings is 2. The minimum Gasteiger partial charge on any atom is -0.496 e. The molecule has 0 aliphatic heterocycles. The Balaban J connectivity index is 2.31. The number of ether oxygens (including phenoxy) is 1. The topological polar surface area (TPSA) is 38.3 Å². The third-order valence-corrected chi connectivity index (χ3v) is 4.69. The summed E-state index contributed by atoms with van der Waals surface area (Å²) in [6.07, 6.45) is 0. The van der Waals surface area contributed by atoms with Crippen LogP contribution in [0.4, 0.5) is 0 Å². The van der Waals surface area contributed by atoms with Crippen molar-refractivity contribution < 1.29 is 9.53 Å². The average molecular weight is 339 g/mol. The van der Waals surface area contributed by atoms with Crippen LogP contribution >= 0.6 is 0 Å². The van der Waals surface area contributed by atoms with Crippen molar-refractivity contribution in [3.05, 3.63) is 63.7 Å². The number of aryl methyl sites for hydroxylation is 3. The number of rotatable bonds is 5. The van der Waals surface area contributed by atoms with E-state index in [0.717, 1.165) is 39.1 Å². The number of nitrogens with one attached hydrogen (secondary N) is 1. The molecule has 0 bridgehead atoms. The van der Waals surface area contributed by atoms with Gasteiger partial charge >= 0.3 is 0 Å². The van der Waals surface area contributed by atoms with Gasteiger partial charge in [0.15, 0.2) is 0 Å². The molecule has 0 unspecified atom stereocenters. The molecule has 134 valence electrons. The van der Waals surface area contributed by atoms with E-state index in [1.165, 1.54) is 0 Å². The van der Waals surface area contributed by atoms with Crippen molar-refractivity contribution in [1.29, 1.82) is 0 Å². The van der Waals surface area contributed by atoms with Crippen LogP contribution in [-0.2, 0) is 0 Å².